The molecule has 1 atom stereocenters. The van der Waals surface area contributed by atoms with Crippen LogP contribution in [-0.2, 0) is 11.2 Å². The maximum absolute atomic E-state index is 11.8. The van der Waals surface area contributed by atoms with E-state index in [1.165, 1.54) is 5.56 Å². The minimum Gasteiger partial charge on any atom is -0.375 e. The number of Topliss-reactive ketones (excluding diaryl/α,β-unsaturated/α-hetero) is 1. The van der Waals surface area contributed by atoms with E-state index in [-0.39, 0.29) is 12.0 Å². The van der Waals surface area contributed by atoms with Crippen molar-refractivity contribution in [1.29, 1.82) is 0 Å². The summed E-state index contributed by atoms with van der Waals surface area (Å²) in [5, 5.41) is 3.33. The van der Waals surface area contributed by atoms with E-state index < -0.39 is 0 Å². The van der Waals surface area contributed by atoms with Gasteiger partial charge in [0.1, 0.15) is 0 Å². The van der Waals surface area contributed by atoms with Crippen LogP contribution in [-0.4, -0.2) is 11.8 Å². The third-order valence-corrected chi connectivity index (χ3v) is 2.96. The molecule has 1 heterocycles. The Morgan fingerprint density at radius 1 is 1.40 bits per heavy atom. The zero-order valence-corrected chi connectivity index (χ0v) is 9.29. The van der Waals surface area contributed by atoms with Gasteiger partial charge in [0, 0.05) is 11.6 Å². The lowest BCUT2D eigenvalue weighted by Gasteiger charge is -2.27. The number of ketones is 1. The first-order valence-electron chi connectivity index (χ1n) is 5.56. The van der Waals surface area contributed by atoms with Gasteiger partial charge in [0.25, 0.3) is 0 Å². The first-order chi connectivity index (χ1) is 7.18. The standard InChI is InChI=1S/C13H17NO/c1-9(2)13(15)12-8-7-10-5-3-4-6-11(10)14-12/h3-6,9,12,14H,7-8H2,1-2H3/t12-/m1/s1. The average Bonchev–Trinajstić information content (AvgIpc) is 2.27. The van der Waals surface area contributed by atoms with E-state index in [0.29, 0.717) is 5.78 Å². The van der Waals surface area contributed by atoms with Crippen LogP contribution >= 0.6 is 0 Å². The predicted molar refractivity (Wildman–Crippen MR) is 62.0 cm³/mol. The van der Waals surface area contributed by atoms with Crippen molar-refractivity contribution in [2.45, 2.75) is 32.7 Å². The number of aryl methyl sites for hydroxylation is 1. The number of hydrogen-bond donors (Lipinski definition) is 1. The van der Waals surface area contributed by atoms with Gasteiger partial charge in [0.2, 0.25) is 0 Å². The Morgan fingerprint density at radius 2 is 2.13 bits per heavy atom. The van der Waals surface area contributed by atoms with Crippen LogP contribution in [0.25, 0.3) is 0 Å². The van der Waals surface area contributed by atoms with Gasteiger partial charge in [-0.3, -0.25) is 4.79 Å². The topological polar surface area (TPSA) is 29.1 Å². The number of fused-ring (bicyclic) bond motifs is 1. The molecule has 0 radical (unpaired) electrons. The molecule has 0 amide bonds. The molecule has 2 rings (SSSR count). The molecule has 2 heteroatoms. The van der Waals surface area contributed by atoms with E-state index in [1.54, 1.807) is 0 Å². The van der Waals surface area contributed by atoms with Crippen molar-refractivity contribution in [2.75, 3.05) is 5.32 Å². The van der Waals surface area contributed by atoms with E-state index in [1.807, 2.05) is 26.0 Å². The lowest BCUT2D eigenvalue weighted by Crippen LogP contribution is -2.36. The SMILES string of the molecule is CC(C)C(=O)[C@H]1CCc2ccccc2N1. The minimum atomic E-state index is 0.0138. The molecule has 1 aliphatic rings. The van der Waals surface area contributed by atoms with Crippen LogP contribution in [0.2, 0.25) is 0 Å². The van der Waals surface area contributed by atoms with Crippen LogP contribution < -0.4 is 5.32 Å². The van der Waals surface area contributed by atoms with Crippen molar-refractivity contribution in [2.24, 2.45) is 5.92 Å². The van der Waals surface area contributed by atoms with Crippen LogP contribution in [0.4, 0.5) is 5.69 Å². The summed E-state index contributed by atoms with van der Waals surface area (Å²) in [6.45, 7) is 3.93. The normalized spacial score (nSPS) is 19.5. The average molecular weight is 203 g/mol. The summed E-state index contributed by atoms with van der Waals surface area (Å²) in [7, 11) is 0. The molecule has 0 spiro atoms. The third kappa shape index (κ3) is 2.04. The highest BCUT2D eigenvalue weighted by atomic mass is 16.1. The van der Waals surface area contributed by atoms with Crippen molar-refractivity contribution >= 4 is 11.5 Å². The van der Waals surface area contributed by atoms with Crippen LogP contribution in [0.1, 0.15) is 25.8 Å². The molecule has 0 saturated carbocycles. The lowest BCUT2D eigenvalue weighted by atomic mass is 9.91. The van der Waals surface area contributed by atoms with E-state index >= 15 is 0 Å². The van der Waals surface area contributed by atoms with Crippen molar-refractivity contribution in [3.05, 3.63) is 29.8 Å². The molecule has 1 N–H and O–H groups in total. The summed E-state index contributed by atoms with van der Waals surface area (Å²) in [5.74, 6) is 0.442. The Labute approximate surface area is 90.7 Å². The summed E-state index contributed by atoms with van der Waals surface area (Å²) in [4.78, 5) is 11.8. The molecule has 0 unspecified atom stereocenters. The number of nitrogens with one attached hydrogen (secondary N) is 1. The van der Waals surface area contributed by atoms with E-state index in [9.17, 15) is 4.79 Å². The summed E-state index contributed by atoms with van der Waals surface area (Å²) >= 11 is 0. The molecule has 0 aromatic heterocycles. The Bertz CT molecular complexity index is 371. The summed E-state index contributed by atoms with van der Waals surface area (Å²) in [5.41, 5.74) is 2.45. The van der Waals surface area contributed by atoms with Gasteiger partial charge in [0.15, 0.2) is 5.78 Å². The molecule has 0 bridgehead atoms. The maximum atomic E-state index is 11.8. The van der Waals surface area contributed by atoms with Gasteiger partial charge in [-0.1, -0.05) is 32.0 Å². The van der Waals surface area contributed by atoms with Crippen LogP contribution in [0, 0.1) is 5.92 Å². The van der Waals surface area contributed by atoms with Gasteiger partial charge >= 0.3 is 0 Å². The van der Waals surface area contributed by atoms with Gasteiger partial charge < -0.3 is 5.32 Å². The Balaban J connectivity index is 2.15. The fraction of sp³-hybridized carbons (Fsp3) is 0.462. The highest BCUT2D eigenvalue weighted by Gasteiger charge is 2.24. The summed E-state index contributed by atoms with van der Waals surface area (Å²) in [6.07, 6.45) is 1.93. The molecule has 1 aliphatic heterocycles. The van der Waals surface area contributed by atoms with Gasteiger partial charge in [-0.25, -0.2) is 0 Å². The quantitative estimate of drug-likeness (QED) is 0.800. The third-order valence-electron chi connectivity index (χ3n) is 2.96. The molecule has 1 aromatic rings. The molecule has 0 aliphatic carbocycles. The molecule has 0 saturated heterocycles. The number of rotatable bonds is 2. The van der Waals surface area contributed by atoms with Gasteiger partial charge in [0.05, 0.1) is 6.04 Å². The largest absolute Gasteiger partial charge is 0.375 e. The van der Waals surface area contributed by atoms with Gasteiger partial charge in [-0.2, -0.15) is 0 Å². The van der Waals surface area contributed by atoms with E-state index in [4.69, 9.17) is 0 Å². The predicted octanol–water partition coefficient (Wildman–Crippen LogP) is 2.64. The molecular formula is C13H17NO. The second kappa shape index (κ2) is 4.05. The van der Waals surface area contributed by atoms with Crippen molar-refractivity contribution < 1.29 is 4.79 Å². The minimum absolute atomic E-state index is 0.0138. The zero-order chi connectivity index (χ0) is 10.8. The van der Waals surface area contributed by atoms with E-state index in [0.717, 1.165) is 18.5 Å². The Hall–Kier alpha value is -1.31. The van der Waals surface area contributed by atoms with Gasteiger partial charge in [-0.15, -0.1) is 0 Å². The summed E-state index contributed by atoms with van der Waals surface area (Å²) < 4.78 is 0. The van der Waals surface area contributed by atoms with Crippen molar-refractivity contribution in [3.8, 4) is 0 Å². The first kappa shape index (κ1) is 10.2. The van der Waals surface area contributed by atoms with E-state index in [2.05, 4.69) is 17.4 Å². The maximum Gasteiger partial charge on any atom is 0.157 e. The number of para-hydroxylation sites is 1. The Morgan fingerprint density at radius 3 is 2.87 bits per heavy atom. The van der Waals surface area contributed by atoms with Crippen molar-refractivity contribution in [3.63, 3.8) is 0 Å². The van der Waals surface area contributed by atoms with Crippen LogP contribution in [0.15, 0.2) is 24.3 Å². The van der Waals surface area contributed by atoms with Gasteiger partial charge in [-0.05, 0) is 24.5 Å². The smallest absolute Gasteiger partial charge is 0.157 e. The van der Waals surface area contributed by atoms with Crippen molar-refractivity contribution in [1.82, 2.24) is 0 Å². The van der Waals surface area contributed by atoms with Crippen LogP contribution in [0.3, 0.4) is 0 Å². The first-order valence-corrected chi connectivity index (χ1v) is 5.56. The number of carbonyl (C=O) groups excluding carboxylic acids is 1. The second-order valence-electron chi connectivity index (χ2n) is 4.45. The molecule has 15 heavy (non-hydrogen) atoms. The number of carbonyl (C=O) groups is 1. The molecule has 2 nitrogen and oxygen atoms in total. The molecule has 0 fully saturated rings. The highest BCUT2D eigenvalue weighted by Crippen LogP contribution is 2.25. The number of benzene rings is 1. The fourth-order valence-corrected chi connectivity index (χ4v) is 2.05. The second-order valence-corrected chi connectivity index (χ2v) is 4.45. The molecule has 80 valence electrons. The zero-order valence-electron chi connectivity index (χ0n) is 9.29. The molecular weight excluding hydrogens is 186 g/mol. The fourth-order valence-electron chi connectivity index (χ4n) is 2.05. The monoisotopic (exact) mass is 203 g/mol. The number of anilines is 1. The number of hydrogen-bond acceptors (Lipinski definition) is 2. The summed E-state index contributed by atoms with van der Waals surface area (Å²) in [6, 6.07) is 8.24. The van der Waals surface area contributed by atoms with Crippen LogP contribution in [0.5, 0.6) is 0 Å². The lowest BCUT2D eigenvalue weighted by molar-refractivity contribution is -0.122. The Kier molecular flexibility index (Phi) is 2.76. The highest BCUT2D eigenvalue weighted by molar-refractivity contribution is 5.89. The molecule has 1 aromatic carbocycles.